The van der Waals surface area contributed by atoms with Crippen molar-refractivity contribution in [2.24, 2.45) is 5.73 Å². The van der Waals surface area contributed by atoms with Crippen LogP contribution in [0.2, 0.25) is 0 Å². The molecule has 3 heterocycles. The zero-order chi connectivity index (χ0) is 13.2. The Bertz CT molecular complexity index is 437. The summed E-state index contributed by atoms with van der Waals surface area (Å²) in [6, 6.07) is 2.68. The highest BCUT2D eigenvalue weighted by Crippen LogP contribution is 2.28. The van der Waals surface area contributed by atoms with Crippen LogP contribution in [0.5, 0.6) is 0 Å². The largest absolute Gasteiger partial charge is 0.367 e. The molecule has 3 rings (SSSR count). The number of fused-ring (bicyclic) bond motifs is 1. The van der Waals surface area contributed by atoms with Gasteiger partial charge in [-0.2, -0.15) is 0 Å². The molecule has 2 aliphatic rings. The van der Waals surface area contributed by atoms with Gasteiger partial charge in [-0.25, -0.2) is 9.97 Å². The topological polar surface area (TPSA) is 64.3 Å². The Labute approximate surface area is 114 Å². The van der Waals surface area contributed by atoms with Gasteiger partial charge in [0.25, 0.3) is 0 Å². The molecule has 2 aliphatic heterocycles. The molecule has 19 heavy (non-hydrogen) atoms. The van der Waals surface area contributed by atoms with Crippen molar-refractivity contribution in [2.45, 2.75) is 44.4 Å². The van der Waals surface area contributed by atoms with E-state index in [1.54, 1.807) is 0 Å². The van der Waals surface area contributed by atoms with Crippen LogP contribution in [0.4, 0.5) is 0 Å². The lowest BCUT2D eigenvalue weighted by atomic mass is 10.1. The van der Waals surface area contributed by atoms with Crippen molar-refractivity contribution >= 4 is 0 Å². The van der Waals surface area contributed by atoms with E-state index in [2.05, 4.69) is 14.9 Å². The van der Waals surface area contributed by atoms with Crippen LogP contribution < -0.4 is 5.73 Å². The van der Waals surface area contributed by atoms with Gasteiger partial charge >= 0.3 is 0 Å². The minimum absolute atomic E-state index is 0.0161. The molecule has 0 aromatic carbocycles. The van der Waals surface area contributed by atoms with Gasteiger partial charge in [-0.1, -0.05) is 0 Å². The van der Waals surface area contributed by atoms with Crippen LogP contribution in [-0.4, -0.2) is 46.6 Å². The number of hydrogen-bond donors (Lipinski definition) is 1. The van der Waals surface area contributed by atoms with Crippen molar-refractivity contribution < 1.29 is 4.74 Å². The smallest absolute Gasteiger partial charge is 0.158 e. The summed E-state index contributed by atoms with van der Waals surface area (Å²) in [7, 11) is 0. The number of ether oxygens (including phenoxy) is 1. The Hall–Kier alpha value is -1.04. The molecular formula is C14H22N4O. The molecule has 0 amide bonds. The van der Waals surface area contributed by atoms with Crippen LogP contribution in [-0.2, 0) is 11.2 Å². The molecule has 104 valence electrons. The zero-order valence-electron chi connectivity index (χ0n) is 11.5. The van der Waals surface area contributed by atoms with E-state index in [-0.39, 0.29) is 12.1 Å². The average Bonchev–Trinajstić information content (AvgIpc) is 2.85. The van der Waals surface area contributed by atoms with Crippen LogP contribution in [0.15, 0.2) is 12.3 Å². The van der Waals surface area contributed by atoms with Gasteiger partial charge in [0.2, 0.25) is 0 Å². The molecule has 3 unspecified atom stereocenters. The molecule has 0 aliphatic carbocycles. The van der Waals surface area contributed by atoms with Crippen molar-refractivity contribution in [1.29, 1.82) is 0 Å². The fraction of sp³-hybridized carbons (Fsp3) is 0.714. The first kappa shape index (κ1) is 13.0. The summed E-state index contributed by atoms with van der Waals surface area (Å²) >= 11 is 0. The fourth-order valence-electron chi connectivity index (χ4n) is 2.99. The minimum atomic E-state index is 0.0161. The summed E-state index contributed by atoms with van der Waals surface area (Å²) in [5, 5.41) is 0. The van der Waals surface area contributed by atoms with Gasteiger partial charge in [-0.15, -0.1) is 0 Å². The normalized spacial score (nSPS) is 29.2. The first-order chi connectivity index (χ1) is 9.22. The number of rotatable bonds is 3. The highest BCUT2D eigenvalue weighted by Gasteiger charge is 2.33. The van der Waals surface area contributed by atoms with Gasteiger partial charge in [-0.3, -0.25) is 4.90 Å². The van der Waals surface area contributed by atoms with E-state index in [1.165, 1.54) is 19.4 Å². The Morgan fingerprint density at radius 3 is 3.32 bits per heavy atom. The number of aromatic nitrogens is 2. The van der Waals surface area contributed by atoms with Crippen molar-refractivity contribution in [2.75, 3.05) is 19.7 Å². The lowest BCUT2D eigenvalue weighted by Gasteiger charge is -2.34. The number of morpholine rings is 1. The van der Waals surface area contributed by atoms with Gasteiger partial charge in [0.15, 0.2) is 5.82 Å². The SMILES string of the molecule is CC(N)Cc1ccnc(C2CN3CCCC3CO2)n1. The third-order valence-electron chi connectivity index (χ3n) is 3.94. The molecule has 1 aromatic heterocycles. The summed E-state index contributed by atoms with van der Waals surface area (Å²) < 4.78 is 5.94. The van der Waals surface area contributed by atoms with Crippen molar-refractivity contribution in [3.8, 4) is 0 Å². The van der Waals surface area contributed by atoms with E-state index < -0.39 is 0 Å². The Kier molecular flexibility index (Phi) is 3.77. The monoisotopic (exact) mass is 262 g/mol. The summed E-state index contributed by atoms with van der Waals surface area (Å²) in [6.07, 6.45) is 5.17. The highest BCUT2D eigenvalue weighted by molar-refractivity contribution is 5.07. The van der Waals surface area contributed by atoms with E-state index in [4.69, 9.17) is 10.5 Å². The fourth-order valence-corrected chi connectivity index (χ4v) is 2.99. The predicted octanol–water partition coefficient (Wildman–Crippen LogP) is 0.902. The van der Waals surface area contributed by atoms with Crippen molar-refractivity contribution in [3.63, 3.8) is 0 Å². The molecule has 3 atom stereocenters. The average molecular weight is 262 g/mol. The second kappa shape index (κ2) is 5.53. The Morgan fingerprint density at radius 2 is 2.47 bits per heavy atom. The molecule has 0 saturated carbocycles. The number of nitrogens with zero attached hydrogens (tertiary/aromatic N) is 3. The van der Waals surface area contributed by atoms with E-state index in [1.807, 2.05) is 19.2 Å². The van der Waals surface area contributed by atoms with E-state index in [0.717, 1.165) is 31.1 Å². The van der Waals surface area contributed by atoms with Gasteiger partial charge in [0.1, 0.15) is 6.10 Å². The maximum Gasteiger partial charge on any atom is 0.158 e. The Balaban J connectivity index is 1.71. The first-order valence-electron chi connectivity index (χ1n) is 7.15. The molecule has 0 bridgehead atoms. The second-order valence-corrected chi connectivity index (χ2v) is 5.70. The summed E-state index contributed by atoms with van der Waals surface area (Å²) in [5.41, 5.74) is 6.83. The predicted molar refractivity (Wildman–Crippen MR) is 72.7 cm³/mol. The molecule has 2 N–H and O–H groups in total. The molecule has 2 saturated heterocycles. The summed E-state index contributed by atoms with van der Waals surface area (Å²) in [5.74, 6) is 0.809. The van der Waals surface area contributed by atoms with Crippen molar-refractivity contribution in [1.82, 2.24) is 14.9 Å². The Morgan fingerprint density at radius 1 is 1.58 bits per heavy atom. The number of hydrogen-bond acceptors (Lipinski definition) is 5. The lowest BCUT2D eigenvalue weighted by molar-refractivity contribution is -0.0542. The molecule has 1 aromatic rings. The van der Waals surface area contributed by atoms with Crippen LogP contribution in [0.1, 0.15) is 37.4 Å². The summed E-state index contributed by atoms with van der Waals surface area (Å²) in [4.78, 5) is 11.5. The second-order valence-electron chi connectivity index (χ2n) is 5.70. The molecule has 0 spiro atoms. The van der Waals surface area contributed by atoms with Gasteiger partial charge in [-0.05, 0) is 32.4 Å². The standard InChI is InChI=1S/C14H22N4O/c1-10(15)7-11-4-5-16-14(17-11)13-8-18-6-2-3-12(18)9-19-13/h4-5,10,12-13H,2-3,6-9,15H2,1H3. The highest BCUT2D eigenvalue weighted by atomic mass is 16.5. The molecule has 2 fully saturated rings. The van der Waals surface area contributed by atoms with Crippen LogP contribution in [0.25, 0.3) is 0 Å². The van der Waals surface area contributed by atoms with Crippen LogP contribution in [0, 0.1) is 0 Å². The molecule has 5 heteroatoms. The quantitative estimate of drug-likeness (QED) is 0.877. The molecule has 5 nitrogen and oxygen atoms in total. The first-order valence-corrected chi connectivity index (χ1v) is 7.15. The van der Waals surface area contributed by atoms with Crippen molar-refractivity contribution in [3.05, 3.63) is 23.8 Å². The van der Waals surface area contributed by atoms with Crippen LogP contribution >= 0.6 is 0 Å². The zero-order valence-corrected chi connectivity index (χ0v) is 11.5. The maximum absolute atomic E-state index is 5.94. The lowest BCUT2D eigenvalue weighted by Crippen LogP contribution is -2.42. The van der Waals surface area contributed by atoms with Crippen LogP contribution in [0.3, 0.4) is 0 Å². The minimum Gasteiger partial charge on any atom is -0.367 e. The third-order valence-corrected chi connectivity index (χ3v) is 3.94. The van der Waals surface area contributed by atoms with E-state index in [9.17, 15) is 0 Å². The number of nitrogens with two attached hydrogens (primary N) is 1. The van der Waals surface area contributed by atoms with Gasteiger partial charge in [0, 0.05) is 36.9 Å². The molecular weight excluding hydrogens is 240 g/mol. The molecule has 0 radical (unpaired) electrons. The maximum atomic E-state index is 5.94. The summed E-state index contributed by atoms with van der Waals surface area (Å²) in [6.45, 7) is 4.91. The van der Waals surface area contributed by atoms with E-state index in [0.29, 0.717) is 6.04 Å². The van der Waals surface area contributed by atoms with Gasteiger partial charge < -0.3 is 10.5 Å². The third kappa shape index (κ3) is 2.94. The van der Waals surface area contributed by atoms with E-state index >= 15 is 0 Å². The van der Waals surface area contributed by atoms with Gasteiger partial charge in [0.05, 0.1) is 6.61 Å².